The van der Waals surface area contributed by atoms with Gasteiger partial charge < -0.3 is 10.1 Å². The van der Waals surface area contributed by atoms with Crippen LogP contribution in [0.25, 0.3) is 16.2 Å². The predicted octanol–water partition coefficient (Wildman–Crippen LogP) is 3.18. The van der Waals surface area contributed by atoms with E-state index >= 15 is 0 Å². The largest absolute Gasteiger partial charge is 0.376 e. The zero-order chi connectivity index (χ0) is 18.2. The zero-order valence-electron chi connectivity index (χ0n) is 14.3. The van der Waals surface area contributed by atoms with Crippen molar-refractivity contribution in [2.24, 2.45) is 0 Å². The number of ether oxygens (including phenoxy) is 1. The van der Waals surface area contributed by atoms with Crippen LogP contribution in [0.5, 0.6) is 0 Å². The summed E-state index contributed by atoms with van der Waals surface area (Å²) in [5.41, 5.74) is 4.60. The second kappa shape index (κ2) is 6.57. The molecule has 0 aliphatic carbocycles. The summed E-state index contributed by atoms with van der Waals surface area (Å²) >= 11 is 1.58. The summed E-state index contributed by atoms with van der Waals surface area (Å²) in [5, 5.41) is 13.1. The number of carbonyl (C=O) groups excluding carboxylic acids is 1. The van der Waals surface area contributed by atoms with Gasteiger partial charge in [-0.25, -0.2) is 4.98 Å². The minimum Gasteiger partial charge on any atom is -0.376 e. The number of hydrogen-bond acceptors (Lipinski definition) is 6. The molecule has 0 bridgehead atoms. The number of nitrogens with zero attached hydrogens (tertiary/aromatic N) is 4. The van der Waals surface area contributed by atoms with Crippen molar-refractivity contribution in [2.45, 2.75) is 13.0 Å². The number of anilines is 1. The van der Waals surface area contributed by atoms with Gasteiger partial charge in [-0.3, -0.25) is 9.20 Å². The summed E-state index contributed by atoms with van der Waals surface area (Å²) in [4.78, 5) is 18.1. The third kappa shape index (κ3) is 3.09. The van der Waals surface area contributed by atoms with Crippen LogP contribution in [0.1, 0.15) is 21.7 Å². The van der Waals surface area contributed by atoms with Gasteiger partial charge in [0, 0.05) is 41.0 Å². The molecule has 4 heterocycles. The molecule has 5 rings (SSSR count). The minimum atomic E-state index is -0.293. The quantitative estimate of drug-likeness (QED) is 0.593. The fourth-order valence-electron chi connectivity index (χ4n) is 3.07. The summed E-state index contributed by atoms with van der Waals surface area (Å²) < 4.78 is 7.41. The van der Waals surface area contributed by atoms with Gasteiger partial charge in [0.25, 0.3) is 5.91 Å². The number of thiazole rings is 1. The first-order chi connectivity index (χ1) is 13.3. The molecule has 8 heteroatoms. The molecule has 0 atom stereocenters. The molecular weight excluding hydrogens is 362 g/mol. The molecule has 134 valence electrons. The Balaban J connectivity index is 1.39. The maximum absolute atomic E-state index is 12.6. The van der Waals surface area contributed by atoms with Crippen molar-refractivity contribution in [2.75, 3.05) is 11.9 Å². The maximum atomic E-state index is 12.6. The summed E-state index contributed by atoms with van der Waals surface area (Å²) in [6, 6.07) is 9.36. The molecule has 27 heavy (non-hydrogen) atoms. The van der Waals surface area contributed by atoms with E-state index in [2.05, 4.69) is 20.5 Å². The molecule has 0 saturated heterocycles. The second-order valence-electron chi connectivity index (χ2n) is 6.26. The normalized spacial score (nSPS) is 13.5. The predicted molar refractivity (Wildman–Crippen MR) is 102 cm³/mol. The van der Waals surface area contributed by atoms with Crippen molar-refractivity contribution in [3.63, 3.8) is 0 Å². The molecular formula is C19H15N5O2S. The van der Waals surface area contributed by atoms with Gasteiger partial charge in [-0.2, -0.15) is 5.10 Å². The molecule has 1 aliphatic heterocycles. The molecule has 3 aromatic heterocycles. The summed E-state index contributed by atoms with van der Waals surface area (Å²) in [6.07, 6.45) is 4.68. The van der Waals surface area contributed by atoms with Crippen LogP contribution in [-0.4, -0.2) is 32.1 Å². The minimum absolute atomic E-state index is 0.284. The van der Waals surface area contributed by atoms with Crippen molar-refractivity contribution in [1.82, 2.24) is 19.6 Å². The molecule has 0 saturated carbocycles. The average Bonchev–Trinajstić information content (AvgIpc) is 3.30. The first-order valence-electron chi connectivity index (χ1n) is 8.53. The smallest absolute Gasteiger partial charge is 0.276 e. The van der Waals surface area contributed by atoms with Gasteiger partial charge in [0.2, 0.25) is 0 Å². The van der Waals surface area contributed by atoms with Crippen LogP contribution in [0.2, 0.25) is 0 Å². The first-order valence-corrected chi connectivity index (χ1v) is 9.41. The summed E-state index contributed by atoms with van der Waals surface area (Å²) in [6.45, 7) is 1.11. The van der Waals surface area contributed by atoms with E-state index in [1.165, 1.54) is 0 Å². The number of benzene rings is 1. The van der Waals surface area contributed by atoms with E-state index in [0.717, 1.165) is 33.9 Å². The van der Waals surface area contributed by atoms with Crippen LogP contribution in [-0.2, 0) is 17.8 Å². The van der Waals surface area contributed by atoms with Crippen LogP contribution in [0.15, 0.2) is 48.1 Å². The molecule has 1 aromatic carbocycles. The lowest BCUT2D eigenvalue weighted by Gasteiger charge is -2.15. The Morgan fingerprint density at radius 3 is 3.15 bits per heavy atom. The fourth-order valence-corrected chi connectivity index (χ4v) is 3.77. The van der Waals surface area contributed by atoms with Crippen LogP contribution >= 0.6 is 11.3 Å². The molecule has 0 spiro atoms. The Bertz CT molecular complexity index is 1120. The molecule has 0 fully saturated rings. The third-order valence-electron chi connectivity index (χ3n) is 4.44. The summed E-state index contributed by atoms with van der Waals surface area (Å²) in [5.74, 6) is -0.293. The number of imidazole rings is 1. The van der Waals surface area contributed by atoms with E-state index in [1.807, 2.05) is 46.4 Å². The highest BCUT2D eigenvalue weighted by atomic mass is 32.1. The van der Waals surface area contributed by atoms with Gasteiger partial charge in [-0.1, -0.05) is 12.1 Å². The standard InChI is InChI=1S/C19H15N5O2S/c25-18(16-9-13-11-26-6-4-15(13)22-23-16)20-14-3-1-2-12(8-14)17-10-24-5-7-27-19(24)21-17/h1-3,5,7-10H,4,6,11H2,(H,20,25). The topological polar surface area (TPSA) is 81.4 Å². The van der Waals surface area contributed by atoms with E-state index in [4.69, 9.17) is 4.74 Å². The van der Waals surface area contributed by atoms with E-state index < -0.39 is 0 Å². The molecule has 1 aliphatic rings. The third-order valence-corrected chi connectivity index (χ3v) is 5.21. The Labute approximate surface area is 158 Å². The molecule has 0 unspecified atom stereocenters. The van der Waals surface area contributed by atoms with E-state index in [0.29, 0.717) is 18.9 Å². The number of nitrogens with one attached hydrogen (secondary N) is 1. The Morgan fingerprint density at radius 2 is 2.22 bits per heavy atom. The first kappa shape index (κ1) is 16.1. The fraction of sp³-hybridized carbons (Fsp3) is 0.158. The maximum Gasteiger partial charge on any atom is 0.276 e. The monoisotopic (exact) mass is 377 g/mol. The summed E-state index contributed by atoms with van der Waals surface area (Å²) in [7, 11) is 0. The highest BCUT2D eigenvalue weighted by Gasteiger charge is 2.16. The lowest BCUT2D eigenvalue weighted by atomic mass is 10.1. The van der Waals surface area contributed by atoms with Crippen molar-refractivity contribution < 1.29 is 9.53 Å². The van der Waals surface area contributed by atoms with Crippen LogP contribution in [0, 0.1) is 0 Å². The van der Waals surface area contributed by atoms with Gasteiger partial charge in [0.05, 0.1) is 24.6 Å². The Morgan fingerprint density at radius 1 is 1.26 bits per heavy atom. The molecule has 1 N–H and O–H groups in total. The number of amides is 1. The van der Waals surface area contributed by atoms with Gasteiger partial charge in [0.1, 0.15) is 0 Å². The lowest BCUT2D eigenvalue weighted by molar-refractivity contribution is 0.101. The molecule has 4 aromatic rings. The molecule has 7 nitrogen and oxygen atoms in total. The SMILES string of the molecule is O=C(Nc1cccc(-c2cn3ccsc3n2)c1)c1cc2c(nn1)CCOC2. The van der Waals surface area contributed by atoms with Gasteiger partial charge in [-0.05, 0) is 18.2 Å². The highest BCUT2D eigenvalue weighted by molar-refractivity contribution is 7.15. The van der Waals surface area contributed by atoms with E-state index in [1.54, 1.807) is 17.4 Å². The number of carbonyl (C=O) groups is 1. The lowest BCUT2D eigenvalue weighted by Crippen LogP contribution is -2.19. The number of hydrogen-bond donors (Lipinski definition) is 1. The van der Waals surface area contributed by atoms with Crippen molar-refractivity contribution in [3.05, 3.63) is 65.1 Å². The Hall–Kier alpha value is -3.10. The van der Waals surface area contributed by atoms with Crippen LogP contribution in [0.3, 0.4) is 0 Å². The van der Waals surface area contributed by atoms with Gasteiger partial charge in [0.15, 0.2) is 10.7 Å². The Kier molecular flexibility index (Phi) is 3.92. The second-order valence-corrected chi connectivity index (χ2v) is 7.13. The molecule has 0 radical (unpaired) electrons. The van der Waals surface area contributed by atoms with Gasteiger partial charge >= 0.3 is 0 Å². The van der Waals surface area contributed by atoms with Crippen LogP contribution < -0.4 is 5.32 Å². The number of aromatic nitrogens is 4. The van der Waals surface area contributed by atoms with Crippen molar-refractivity contribution in [3.8, 4) is 11.3 Å². The van der Waals surface area contributed by atoms with E-state index in [9.17, 15) is 4.79 Å². The number of rotatable bonds is 3. The average molecular weight is 377 g/mol. The van der Waals surface area contributed by atoms with Gasteiger partial charge in [-0.15, -0.1) is 16.4 Å². The molecule has 1 amide bonds. The van der Waals surface area contributed by atoms with Crippen molar-refractivity contribution in [1.29, 1.82) is 0 Å². The zero-order valence-corrected chi connectivity index (χ0v) is 15.1. The van der Waals surface area contributed by atoms with E-state index in [-0.39, 0.29) is 11.6 Å². The van der Waals surface area contributed by atoms with Crippen molar-refractivity contribution >= 4 is 27.9 Å². The highest BCUT2D eigenvalue weighted by Crippen LogP contribution is 2.24. The van der Waals surface area contributed by atoms with Crippen LogP contribution in [0.4, 0.5) is 5.69 Å². The number of fused-ring (bicyclic) bond motifs is 2.